The van der Waals surface area contributed by atoms with Crippen LogP contribution in [-0.4, -0.2) is 35.7 Å². The van der Waals surface area contributed by atoms with E-state index in [-0.39, 0.29) is 0 Å². The van der Waals surface area contributed by atoms with Gasteiger partial charge in [-0.1, -0.05) is 19.3 Å². The van der Waals surface area contributed by atoms with Gasteiger partial charge in [0.15, 0.2) is 0 Å². The van der Waals surface area contributed by atoms with Crippen LogP contribution in [0, 0.1) is 5.41 Å². The van der Waals surface area contributed by atoms with Gasteiger partial charge < -0.3 is 5.11 Å². The Morgan fingerprint density at radius 3 is 2.47 bits per heavy atom. The summed E-state index contributed by atoms with van der Waals surface area (Å²) >= 11 is 0. The molecular formula is C13H25NO. The summed E-state index contributed by atoms with van der Waals surface area (Å²) in [6, 6.07) is 0.685. The van der Waals surface area contributed by atoms with Crippen molar-refractivity contribution in [2.24, 2.45) is 5.41 Å². The quantitative estimate of drug-likeness (QED) is 0.772. The van der Waals surface area contributed by atoms with E-state index in [2.05, 4.69) is 11.8 Å². The molecule has 2 fully saturated rings. The van der Waals surface area contributed by atoms with E-state index in [4.69, 9.17) is 5.11 Å². The van der Waals surface area contributed by atoms with Gasteiger partial charge in [0.05, 0.1) is 0 Å². The van der Waals surface area contributed by atoms with Crippen LogP contribution in [0.2, 0.25) is 0 Å². The van der Waals surface area contributed by atoms with E-state index in [1.807, 2.05) is 0 Å². The topological polar surface area (TPSA) is 23.5 Å². The molecule has 1 spiro atoms. The lowest BCUT2D eigenvalue weighted by atomic mass is 9.68. The molecule has 2 rings (SSSR count). The van der Waals surface area contributed by atoms with Gasteiger partial charge in [-0.05, 0) is 38.0 Å². The molecule has 1 saturated carbocycles. The van der Waals surface area contributed by atoms with Crippen molar-refractivity contribution in [2.75, 3.05) is 19.7 Å². The van der Waals surface area contributed by atoms with E-state index in [9.17, 15) is 0 Å². The zero-order chi connectivity index (χ0) is 10.7. The first-order valence-electron chi connectivity index (χ1n) is 6.61. The Balaban J connectivity index is 1.71. The lowest BCUT2D eigenvalue weighted by Crippen LogP contribution is -2.59. The van der Waals surface area contributed by atoms with Crippen molar-refractivity contribution in [3.63, 3.8) is 0 Å². The molecule has 2 heteroatoms. The standard InChI is InChI=1S/C13H25NO/c1-12(6-5-9-15)14-10-13(11-14)7-3-2-4-8-13/h12,15H,2-11H2,1H3. The first kappa shape index (κ1) is 11.4. The number of aliphatic hydroxyl groups is 1. The number of nitrogens with zero attached hydrogens (tertiary/aromatic N) is 1. The maximum absolute atomic E-state index is 8.81. The summed E-state index contributed by atoms with van der Waals surface area (Å²) in [5.74, 6) is 0. The Morgan fingerprint density at radius 1 is 1.20 bits per heavy atom. The predicted octanol–water partition coefficient (Wildman–Crippen LogP) is 2.41. The zero-order valence-electron chi connectivity index (χ0n) is 10.0. The van der Waals surface area contributed by atoms with Crippen LogP contribution in [0.1, 0.15) is 51.9 Å². The van der Waals surface area contributed by atoms with Crippen molar-refractivity contribution in [2.45, 2.75) is 57.9 Å². The summed E-state index contributed by atoms with van der Waals surface area (Å²) in [5.41, 5.74) is 0.714. The normalized spacial score (nSPS) is 27.6. The van der Waals surface area contributed by atoms with E-state index in [0.717, 1.165) is 12.8 Å². The highest BCUT2D eigenvalue weighted by atomic mass is 16.2. The Labute approximate surface area is 93.7 Å². The van der Waals surface area contributed by atoms with Crippen LogP contribution >= 0.6 is 0 Å². The molecule has 1 heterocycles. The third kappa shape index (κ3) is 2.54. The van der Waals surface area contributed by atoms with Crippen molar-refractivity contribution < 1.29 is 5.11 Å². The van der Waals surface area contributed by atoms with Gasteiger partial charge in [0.25, 0.3) is 0 Å². The maximum atomic E-state index is 8.81. The van der Waals surface area contributed by atoms with Crippen LogP contribution in [0.25, 0.3) is 0 Å². The van der Waals surface area contributed by atoms with Gasteiger partial charge in [0, 0.05) is 25.7 Å². The first-order chi connectivity index (χ1) is 7.26. The zero-order valence-corrected chi connectivity index (χ0v) is 10.0. The van der Waals surface area contributed by atoms with E-state index in [0.29, 0.717) is 18.1 Å². The summed E-state index contributed by atoms with van der Waals surface area (Å²) in [7, 11) is 0. The molecule has 0 aromatic heterocycles. The van der Waals surface area contributed by atoms with Crippen LogP contribution in [0.5, 0.6) is 0 Å². The molecule has 15 heavy (non-hydrogen) atoms. The fourth-order valence-electron chi connectivity index (χ4n) is 3.31. The number of hydrogen-bond donors (Lipinski definition) is 1. The van der Waals surface area contributed by atoms with Gasteiger partial charge in [-0.25, -0.2) is 0 Å². The first-order valence-corrected chi connectivity index (χ1v) is 6.61. The highest BCUT2D eigenvalue weighted by molar-refractivity contribution is 4.97. The molecule has 1 unspecified atom stereocenters. The van der Waals surface area contributed by atoms with Crippen molar-refractivity contribution in [3.8, 4) is 0 Å². The molecule has 88 valence electrons. The highest BCUT2D eigenvalue weighted by Gasteiger charge is 2.44. The van der Waals surface area contributed by atoms with Crippen molar-refractivity contribution in [3.05, 3.63) is 0 Å². The second kappa shape index (κ2) is 4.84. The molecule has 0 bridgehead atoms. The van der Waals surface area contributed by atoms with Crippen molar-refractivity contribution >= 4 is 0 Å². The molecular weight excluding hydrogens is 186 g/mol. The number of rotatable bonds is 4. The van der Waals surface area contributed by atoms with E-state index in [1.54, 1.807) is 0 Å². The molecule has 0 radical (unpaired) electrons. The average Bonchev–Trinajstić information content (AvgIpc) is 2.23. The van der Waals surface area contributed by atoms with Crippen LogP contribution in [0.3, 0.4) is 0 Å². The second-order valence-corrected chi connectivity index (χ2v) is 5.68. The Bertz CT molecular complexity index is 191. The Hall–Kier alpha value is -0.0800. The van der Waals surface area contributed by atoms with Crippen molar-refractivity contribution in [1.29, 1.82) is 0 Å². The Kier molecular flexibility index (Phi) is 3.68. The minimum absolute atomic E-state index is 0.351. The van der Waals surface area contributed by atoms with E-state index >= 15 is 0 Å². The third-order valence-corrected chi connectivity index (χ3v) is 4.39. The molecule has 1 aliphatic carbocycles. The lowest BCUT2D eigenvalue weighted by molar-refractivity contribution is -0.0532. The molecule has 0 aromatic rings. The summed E-state index contributed by atoms with van der Waals surface area (Å²) in [5, 5.41) is 8.81. The smallest absolute Gasteiger partial charge is 0.0431 e. The molecule has 1 N–H and O–H groups in total. The SMILES string of the molecule is CC(CCCO)N1CC2(CCCCC2)C1. The fourth-order valence-corrected chi connectivity index (χ4v) is 3.31. The minimum Gasteiger partial charge on any atom is -0.396 e. The molecule has 0 aromatic carbocycles. The maximum Gasteiger partial charge on any atom is 0.0431 e. The molecule has 2 aliphatic rings. The highest BCUT2D eigenvalue weighted by Crippen LogP contribution is 2.44. The summed E-state index contributed by atoms with van der Waals surface area (Å²) < 4.78 is 0. The molecule has 1 aliphatic heterocycles. The Morgan fingerprint density at radius 2 is 1.87 bits per heavy atom. The number of likely N-dealkylation sites (tertiary alicyclic amines) is 1. The number of aliphatic hydroxyl groups excluding tert-OH is 1. The van der Waals surface area contributed by atoms with E-state index in [1.165, 1.54) is 45.2 Å². The van der Waals surface area contributed by atoms with E-state index < -0.39 is 0 Å². The summed E-state index contributed by atoms with van der Waals surface area (Å²) in [6.45, 7) is 5.33. The van der Waals surface area contributed by atoms with Crippen LogP contribution < -0.4 is 0 Å². The fraction of sp³-hybridized carbons (Fsp3) is 1.00. The number of hydrogen-bond acceptors (Lipinski definition) is 2. The van der Waals surface area contributed by atoms with Crippen LogP contribution in [-0.2, 0) is 0 Å². The van der Waals surface area contributed by atoms with Gasteiger partial charge in [-0.3, -0.25) is 4.90 Å². The van der Waals surface area contributed by atoms with Gasteiger partial charge in [-0.15, -0.1) is 0 Å². The monoisotopic (exact) mass is 211 g/mol. The molecule has 2 nitrogen and oxygen atoms in total. The van der Waals surface area contributed by atoms with Crippen LogP contribution in [0.15, 0.2) is 0 Å². The van der Waals surface area contributed by atoms with Crippen LogP contribution in [0.4, 0.5) is 0 Å². The lowest BCUT2D eigenvalue weighted by Gasteiger charge is -2.55. The minimum atomic E-state index is 0.351. The van der Waals surface area contributed by atoms with Gasteiger partial charge in [0.2, 0.25) is 0 Å². The summed E-state index contributed by atoms with van der Waals surface area (Å²) in [4.78, 5) is 2.61. The average molecular weight is 211 g/mol. The van der Waals surface area contributed by atoms with Gasteiger partial charge in [-0.2, -0.15) is 0 Å². The molecule has 1 saturated heterocycles. The third-order valence-electron chi connectivity index (χ3n) is 4.39. The summed E-state index contributed by atoms with van der Waals surface area (Å²) in [6.07, 6.45) is 9.43. The van der Waals surface area contributed by atoms with Gasteiger partial charge >= 0.3 is 0 Å². The predicted molar refractivity (Wildman–Crippen MR) is 62.9 cm³/mol. The largest absolute Gasteiger partial charge is 0.396 e. The van der Waals surface area contributed by atoms with Gasteiger partial charge in [0.1, 0.15) is 0 Å². The molecule has 0 amide bonds. The molecule has 1 atom stereocenters. The van der Waals surface area contributed by atoms with Crippen molar-refractivity contribution in [1.82, 2.24) is 4.90 Å². The second-order valence-electron chi connectivity index (χ2n) is 5.68.